The first-order chi connectivity index (χ1) is 32.5. The van der Waals surface area contributed by atoms with Crippen LogP contribution in [0.1, 0.15) is 245 Å². The summed E-state index contributed by atoms with van der Waals surface area (Å²) in [6.07, 6.45) is 71.1. The second kappa shape index (κ2) is 53.9. The van der Waals surface area contributed by atoms with Crippen LogP contribution in [0.15, 0.2) is 97.2 Å². The summed E-state index contributed by atoms with van der Waals surface area (Å²) in [5.41, 5.74) is 0. The number of carbonyl (C=O) groups excluding carboxylic acids is 3. The number of unbranched alkanes of at least 4 members (excludes halogenated alkanes) is 21. The Hall–Kier alpha value is -3.67. The van der Waals surface area contributed by atoms with Gasteiger partial charge in [-0.25, -0.2) is 0 Å². The Labute approximate surface area is 407 Å². The van der Waals surface area contributed by atoms with Gasteiger partial charge in [0.05, 0.1) is 0 Å². The van der Waals surface area contributed by atoms with E-state index in [1.165, 1.54) is 96.3 Å². The third kappa shape index (κ3) is 51.3. The first-order valence-electron chi connectivity index (χ1n) is 27.2. The van der Waals surface area contributed by atoms with Crippen LogP contribution in [0.3, 0.4) is 0 Å². The van der Waals surface area contributed by atoms with Gasteiger partial charge in [-0.05, 0) is 96.3 Å². The third-order valence-electron chi connectivity index (χ3n) is 11.3. The number of rotatable bonds is 48. The molecule has 0 aromatic carbocycles. The largest absolute Gasteiger partial charge is 0.462 e. The smallest absolute Gasteiger partial charge is 0.306 e. The zero-order chi connectivity index (χ0) is 47.9. The molecular weight excluding hydrogens is 817 g/mol. The van der Waals surface area contributed by atoms with E-state index >= 15 is 0 Å². The summed E-state index contributed by atoms with van der Waals surface area (Å²) in [6, 6.07) is 0. The lowest BCUT2D eigenvalue weighted by atomic mass is 10.0. The summed E-state index contributed by atoms with van der Waals surface area (Å²) in [7, 11) is 0. The van der Waals surface area contributed by atoms with Gasteiger partial charge in [0, 0.05) is 19.3 Å². The highest BCUT2D eigenvalue weighted by molar-refractivity contribution is 5.71. The predicted molar refractivity (Wildman–Crippen MR) is 284 cm³/mol. The summed E-state index contributed by atoms with van der Waals surface area (Å²) in [5, 5.41) is 0. The van der Waals surface area contributed by atoms with Crippen molar-refractivity contribution in [3.63, 3.8) is 0 Å². The van der Waals surface area contributed by atoms with Gasteiger partial charge >= 0.3 is 17.9 Å². The van der Waals surface area contributed by atoms with Crippen molar-refractivity contribution in [3.8, 4) is 0 Å². The van der Waals surface area contributed by atoms with Crippen LogP contribution in [0.2, 0.25) is 0 Å². The number of hydrogen-bond acceptors (Lipinski definition) is 6. The van der Waals surface area contributed by atoms with Gasteiger partial charge in [-0.1, -0.05) is 227 Å². The van der Waals surface area contributed by atoms with Crippen LogP contribution in [0.4, 0.5) is 0 Å². The maximum atomic E-state index is 12.8. The predicted octanol–water partition coefficient (Wildman–Crippen LogP) is 18.1. The van der Waals surface area contributed by atoms with Crippen LogP contribution in [0.5, 0.6) is 0 Å². The molecule has 0 aliphatic carbocycles. The van der Waals surface area contributed by atoms with Gasteiger partial charge in [0.1, 0.15) is 13.2 Å². The highest BCUT2D eigenvalue weighted by atomic mass is 16.6. The van der Waals surface area contributed by atoms with E-state index < -0.39 is 6.10 Å². The Morgan fingerprint density at radius 1 is 0.318 bits per heavy atom. The second-order valence-electron chi connectivity index (χ2n) is 17.8. The van der Waals surface area contributed by atoms with Crippen molar-refractivity contribution in [3.05, 3.63) is 97.2 Å². The number of ether oxygens (including phenoxy) is 3. The fourth-order valence-electron chi connectivity index (χ4n) is 7.25. The van der Waals surface area contributed by atoms with Crippen molar-refractivity contribution in [1.82, 2.24) is 0 Å². The molecule has 0 radical (unpaired) electrons. The van der Waals surface area contributed by atoms with Crippen LogP contribution < -0.4 is 0 Å². The zero-order valence-corrected chi connectivity index (χ0v) is 42.9. The van der Waals surface area contributed by atoms with E-state index in [9.17, 15) is 14.4 Å². The van der Waals surface area contributed by atoms with E-state index in [1.807, 2.05) is 0 Å². The molecule has 66 heavy (non-hydrogen) atoms. The Bertz CT molecular complexity index is 1330. The topological polar surface area (TPSA) is 78.9 Å². The SMILES string of the molecule is CC/C=C\C/C=C\C/C=C\C/C=C\C/C=C\CCCC(=O)OC[C@@H](COC(=O)CCCCCCCCCCCCCCCC)OC(=O)CCCCCC/C=C\C/C=C\C/C=C\CCCCC. The molecule has 0 fully saturated rings. The summed E-state index contributed by atoms with van der Waals surface area (Å²) in [6.45, 7) is 6.43. The van der Waals surface area contributed by atoms with Crippen LogP contribution in [-0.2, 0) is 28.6 Å². The summed E-state index contributed by atoms with van der Waals surface area (Å²) in [4.78, 5) is 38.1. The number of allylic oxidation sites excluding steroid dienone is 16. The molecule has 1 atom stereocenters. The Kier molecular flexibility index (Phi) is 50.9. The van der Waals surface area contributed by atoms with Gasteiger partial charge < -0.3 is 14.2 Å². The van der Waals surface area contributed by atoms with Gasteiger partial charge in [-0.3, -0.25) is 14.4 Å². The summed E-state index contributed by atoms with van der Waals surface area (Å²) < 4.78 is 16.8. The average Bonchev–Trinajstić information content (AvgIpc) is 3.31. The molecule has 6 heteroatoms. The number of hydrogen-bond donors (Lipinski definition) is 0. The monoisotopic (exact) mass is 917 g/mol. The molecule has 0 aromatic heterocycles. The standard InChI is InChI=1S/C60H100O6/c1-4-7-10-13-16-19-22-25-28-30-32-35-38-41-44-47-50-53-59(62)65-56-57(55-64-58(61)52-49-46-43-40-37-34-27-24-21-18-15-12-9-6-3)66-60(63)54-51-48-45-42-39-36-33-31-29-26-23-20-17-14-11-8-5-2/h7,10,16-17,19-20,25-26,28-29,32-33,35-36,41,44,57H,4-6,8-9,11-15,18,21-24,27,30-31,34,37-40,42-43,45-56H2,1-3H3/b10-7-,19-16-,20-17-,28-25-,29-26-,35-32-,36-33-,44-41-/t57-/m1/s1. The number of esters is 3. The molecule has 0 amide bonds. The van der Waals surface area contributed by atoms with E-state index in [0.29, 0.717) is 19.3 Å². The molecular formula is C60H100O6. The molecule has 0 aliphatic heterocycles. The van der Waals surface area contributed by atoms with Gasteiger partial charge in [-0.15, -0.1) is 0 Å². The molecule has 0 unspecified atom stereocenters. The summed E-state index contributed by atoms with van der Waals surface area (Å²) in [5.74, 6) is -0.985. The van der Waals surface area contributed by atoms with Crippen LogP contribution in [0, 0.1) is 0 Å². The minimum absolute atomic E-state index is 0.103. The Balaban J connectivity index is 4.52. The molecule has 0 heterocycles. The fraction of sp³-hybridized carbons (Fsp3) is 0.683. The van der Waals surface area contributed by atoms with Gasteiger partial charge in [0.2, 0.25) is 0 Å². The lowest BCUT2D eigenvalue weighted by Gasteiger charge is -2.18. The normalized spacial score (nSPS) is 12.8. The lowest BCUT2D eigenvalue weighted by Crippen LogP contribution is -2.30. The highest BCUT2D eigenvalue weighted by Crippen LogP contribution is 2.15. The molecule has 0 saturated carbocycles. The second-order valence-corrected chi connectivity index (χ2v) is 17.8. The minimum Gasteiger partial charge on any atom is -0.462 e. The average molecular weight is 917 g/mol. The molecule has 0 aromatic rings. The molecule has 0 bridgehead atoms. The molecule has 0 saturated heterocycles. The molecule has 0 spiro atoms. The van der Waals surface area contributed by atoms with Gasteiger partial charge in [0.25, 0.3) is 0 Å². The highest BCUT2D eigenvalue weighted by Gasteiger charge is 2.19. The Morgan fingerprint density at radius 2 is 0.606 bits per heavy atom. The van der Waals surface area contributed by atoms with E-state index in [4.69, 9.17) is 14.2 Å². The van der Waals surface area contributed by atoms with Crippen LogP contribution >= 0.6 is 0 Å². The van der Waals surface area contributed by atoms with Crippen LogP contribution in [-0.4, -0.2) is 37.2 Å². The maximum absolute atomic E-state index is 12.8. The first-order valence-corrected chi connectivity index (χ1v) is 27.2. The molecule has 376 valence electrons. The zero-order valence-electron chi connectivity index (χ0n) is 42.9. The van der Waals surface area contributed by atoms with Crippen molar-refractivity contribution in [2.75, 3.05) is 13.2 Å². The first kappa shape index (κ1) is 62.3. The van der Waals surface area contributed by atoms with E-state index in [2.05, 4.69) is 118 Å². The maximum Gasteiger partial charge on any atom is 0.306 e. The molecule has 0 rings (SSSR count). The van der Waals surface area contributed by atoms with E-state index in [0.717, 1.165) is 103 Å². The number of carbonyl (C=O) groups is 3. The van der Waals surface area contributed by atoms with Crippen molar-refractivity contribution in [1.29, 1.82) is 0 Å². The Morgan fingerprint density at radius 3 is 1.02 bits per heavy atom. The van der Waals surface area contributed by atoms with E-state index in [1.54, 1.807) is 0 Å². The van der Waals surface area contributed by atoms with Crippen molar-refractivity contribution < 1.29 is 28.6 Å². The van der Waals surface area contributed by atoms with Crippen LogP contribution in [0.25, 0.3) is 0 Å². The van der Waals surface area contributed by atoms with Crippen molar-refractivity contribution in [2.24, 2.45) is 0 Å². The summed E-state index contributed by atoms with van der Waals surface area (Å²) >= 11 is 0. The third-order valence-corrected chi connectivity index (χ3v) is 11.3. The lowest BCUT2D eigenvalue weighted by molar-refractivity contribution is -0.167. The van der Waals surface area contributed by atoms with Crippen molar-refractivity contribution in [2.45, 2.75) is 252 Å². The molecule has 6 nitrogen and oxygen atoms in total. The minimum atomic E-state index is -0.811. The fourth-order valence-corrected chi connectivity index (χ4v) is 7.25. The molecule has 0 N–H and O–H groups in total. The van der Waals surface area contributed by atoms with Gasteiger partial charge in [0.15, 0.2) is 6.10 Å². The van der Waals surface area contributed by atoms with Crippen molar-refractivity contribution >= 4 is 17.9 Å². The quantitative estimate of drug-likeness (QED) is 0.0262. The molecule has 0 aliphatic rings. The van der Waals surface area contributed by atoms with E-state index in [-0.39, 0.29) is 37.5 Å². The van der Waals surface area contributed by atoms with Gasteiger partial charge in [-0.2, -0.15) is 0 Å².